The van der Waals surface area contributed by atoms with Gasteiger partial charge in [0.05, 0.1) is 6.42 Å². The Bertz CT molecular complexity index is 500. The number of aliphatic carboxylic acids is 1. The van der Waals surface area contributed by atoms with E-state index in [1.165, 1.54) is 0 Å². The third-order valence-corrected chi connectivity index (χ3v) is 2.20. The maximum Gasteiger partial charge on any atom is 0.303 e. The van der Waals surface area contributed by atoms with E-state index in [1.54, 1.807) is 0 Å². The maximum absolute atomic E-state index is 10.4. The number of nitrogens with zero attached hydrogens (tertiary/aromatic N) is 3. The largest absolute Gasteiger partial charge is 0.481 e. The minimum atomic E-state index is -0.835. The first kappa shape index (κ1) is 10.4. The third kappa shape index (κ3) is 2.28. The van der Waals surface area contributed by atoms with E-state index in [-0.39, 0.29) is 6.42 Å². The number of aromatic nitrogens is 4. The van der Waals surface area contributed by atoms with Crippen molar-refractivity contribution in [1.29, 1.82) is 0 Å². The number of nitrogens with one attached hydrogen (secondary N) is 1. The standard InChI is InChI=1S/C10H12N4O2/c1-14-5-4-7(6-14)10-11-8(12-13-10)2-3-9(15)16/h4-6H,2-3H2,1H3,(H,15,16)(H,11,12,13). The van der Waals surface area contributed by atoms with Crippen molar-refractivity contribution in [2.45, 2.75) is 12.8 Å². The lowest BCUT2D eigenvalue weighted by atomic mass is 10.3. The molecule has 0 aliphatic heterocycles. The van der Waals surface area contributed by atoms with Gasteiger partial charge < -0.3 is 9.67 Å². The number of hydrogen-bond acceptors (Lipinski definition) is 3. The maximum atomic E-state index is 10.4. The highest BCUT2D eigenvalue weighted by molar-refractivity contribution is 5.66. The second-order valence-electron chi connectivity index (χ2n) is 3.57. The molecule has 2 N–H and O–H groups in total. The average Bonchev–Trinajstić information content (AvgIpc) is 2.83. The highest BCUT2D eigenvalue weighted by Gasteiger charge is 2.07. The van der Waals surface area contributed by atoms with Crippen LogP contribution in [0, 0.1) is 0 Å². The molecular formula is C10H12N4O2. The molecule has 0 amide bonds. The SMILES string of the molecule is Cn1ccc(-c2n[nH]c(CCC(=O)O)n2)c1. The molecule has 0 atom stereocenters. The lowest BCUT2D eigenvalue weighted by Gasteiger charge is -1.89. The number of carboxylic acid groups (broad SMARTS) is 1. The Hall–Kier alpha value is -2.11. The molecule has 0 aliphatic carbocycles. The molecule has 0 spiro atoms. The summed E-state index contributed by atoms with van der Waals surface area (Å²) in [7, 11) is 1.92. The van der Waals surface area contributed by atoms with Crippen molar-refractivity contribution in [1.82, 2.24) is 19.7 Å². The molecule has 0 fully saturated rings. The molecule has 0 unspecified atom stereocenters. The Morgan fingerprint density at radius 3 is 3.06 bits per heavy atom. The predicted molar refractivity (Wildman–Crippen MR) is 56.7 cm³/mol. The van der Waals surface area contributed by atoms with E-state index >= 15 is 0 Å². The number of aromatic amines is 1. The number of H-pyrrole nitrogens is 1. The van der Waals surface area contributed by atoms with E-state index in [9.17, 15) is 4.79 Å². The summed E-state index contributed by atoms with van der Waals surface area (Å²) < 4.78 is 1.91. The second kappa shape index (κ2) is 4.18. The Labute approximate surface area is 91.9 Å². The smallest absolute Gasteiger partial charge is 0.303 e. The molecule has 6 heteroatoms. The normalized spacial score (nSPS) is 10.6. The van der Waals surface area contributed by atoms with Crippen LogP contribution in [0.15, 0.2) is 18.5 Å². The molecule has 0 bridgehead atoms. The summed E-state index contributed by atoms with van der Waals surface area (Å²) in [6.45, 7) is 0. The van der Waals surface area contributed by atoms with Crippen LogP contribution in [0.3, 0.4) is 0 Å². The second-order valence-corrected chi connectivity index (χ2v) is 3.57. The fourth-order valence-electron chi connectivity index (χ4n) is 1.40. The van der Waals surface area contributed by atoms with Gasteiger partial charge in [-0.2, -0.15) is 5.10 Å². The van der Waals surface area contributed by atoms with Crippen LogP contribution >= 0.6 is 0 Å². The van der Waals surface area contributed by atoms with Crippen molar-refractivity contribution in [2.24, 2.45) is 7.05 Å². The molecule has 2 aromatic rings. The predicted octanol–water partition coefficient (Wildman–Crippen LogP) is 0.827. The molecule has 16 heavy (non-hydrogen) atoms. The average molecular weight is 220 g/mol. The van der Waals surface area contributed by atoms with E-state index in [4.69, 9.17) is 5.11 Å². The Balaban J connectivity index is 2.10. The van der Waals surface area contributed by atoms with Gasteiger partial charge in [0.2, 0.25) is 0 Å². The van der Waals surface area contributed by atoms with Crippen molar-refractivity contribution < 1.29 is 9.90 Å². The van der Waals surface area contributed by atoms with Gasteiger partial charge in [0.15, 0.2) is 5.82 Å². The Morgan fingerprint density at radius 2 is 2.44 bits per heavy atom. The quantitative estimate of drug-likeness (QED) is 0.799. The van der Waals surface area contributed by atoms with Crippen LogP contribution in [-0.4, -0.2) is 30.8 Å². The van der Waals surface area contributed by atoms with Gasteiger partial charge >= 0.3 is 5.97 Å². The number of rotatable bonds is 4. The van der Waals surface area contributed by atoms with E-state index < -0.39 is 5.97 Å². The van der Waals surface area contributed by atoms with Gasteiger partial charge in [-0.1, -0.05) is 0 Å². The molecular weight excluding hydrogens is 208 g/mol. The van der Waals surface area contributed by atoms with E-state index in [1.807, 2.05) is 30.1 Å². The van der Waals surface area contributed by atoms with Crippen molar-refractivity contribution >= 4 is 5.97 Å². The zero-order valence-corrected chi connectivity index (χ0v) is 8.84. The van der Waals surface area contributed by atoms with Gasteiger partial charge in [-0.3, -0.25) is 9.89 Å². The lowest BCUT2D eigenvalue weighted by molar-refractivity contribution is -0.137. The van der Waals surface area contributed by atoms with Crippen LogP contribution in [0.1, 0.15) is 12.2 Å². The minimum absolute atomic E-state index is 0.0590. The van der Waals surface area contributed by atoms with Gasteiger partial charge in [-0.15, -0.1) is 0 Å². The van der Waals surface area contributed by atoms with Crippen molar-refractivity contribution in [3.8, 4) is 11.4 Å². The highest BCUT2D eigenvalue weighted by atomic mass is 16.4. The van der Waals surface area contributed by atoms with Gasteiger partial charge in [0, 0.05) is 31.4 Å². The molecule has 0 radical (unpaired) electrons. The van der Waals surface area contributed by atoms with E-state index in [2.05, 4.69) is 15.2 Å². The van der Waals surface area contributed by atoms with Gasteiger partial charge in [0.25, 0.3) is 0 Å². The molecule has 2 heterocycles. The summed E-state index contributed by atoms with van der Waals surface area (Å²) in [6.07, 6.45) is 4.24. The summed E-state index contributed by atoms with van der Waals surface area (Å²) in [5.74, 6) is 0.361. The first-order valence-electron chi connectivity index (χ1n) is 4.90. The molecule has 2 aromatic heterocycles. The Kier molecular flexibility index (Phi) is 2.72. The fraction of sp³-hybridized carbons (Fsp3) is 0.300. The highest BCUT2D eigenvalue weighted by Crippen LogP contribution is 2.14. The summed E-state index contributed by atoms with van der Waals surface area (Å²) in [4.78, 5) is 14.6. The first-order chi connectivity index (χ1) is 7.65. The van der Waals surface area contributed by atoms with E-state index in [0.29, 0.717) is 18.1 Å². The minimum Gasteiger partial charge on any atom is -0.481 e. The van der Waals surface area contributed by atoms with Crippen LogP contribution in [0.25, 0.3) is 11.4 Å². The lowest BCUT2D eigenvalue weighted by Crippen LogP contribution is -1.98. The summed E-state index contributed by atoms with van der Waals surface area (Å²) >= 11 is 0. The van der Waals surface area contributed by atoms with Gasteiger partial charge in [-0.25, -0.2) is 4.98 Å². The number of carboxylic acids is 1. The van der Waals surface area contributed by atoms with Crippen molar-refractivity contribution in [2.75, 3.05) is 0 Å². The zero-order valence-electron chi connectivity index (χ0n) is 8.84. The fourth-order valence-corrected chi connectivity index (χ4v) is 1.40. The topological polar surface area (TPSA) is 83.8 Å². The monoisotopic (exact) mass is 220 g/mol. The zero-order chi connectivity index (χ0) is 11.5. The van der Waals surface area contributed by atoms with Crippen LogP contribution < -0.4 is 0 Å². The molecule has 0 aromatic carbocycles. The van der Waals surface area contributed by atoms with Gasteiger partial charge in [0.1, 0.15) is 5.82 Å². The molecule has 0 aliphatic rings. The van der Waals surface area contributed by atoms with Crippen molar-refractivity contribution in [3.05, 3.63) is 24.3 Å². The third-order valence-electron chi connectivity index (χ3n) is 2.20. The number of aryl methyl sites for hydroxylation is 2. The summed E-state index contributed by atoms with van der Waals surface area (Å²) in [5.41, 5.74) is 0.917. The molecule has 2 rings (SSSR count). The van der Waals surface area contributed by atoms with Crippen LogP contribution in [0.2, 0.25) is 0 Å². The summed E-state index contributed by atoms with van der Waals surface area (Å²) in [6, 6.07) is 1.91. The van der Waals surface area contributed by atoms with Gasteiger partial charge in [-0.05, 0) is 6.07 Å². The summed E-state index contributed by atoms with van der Waals surface area (Å²) in [5, 5.41) is 15.3. The van der Waals surface area contributed by atoms with Crippen LogP contribution in [0.5, 0.6) is 0 Å². The van der Waals surface area contributed by atoms with E-state index in [0.717, 1.165) is 5.56 Å². The number of hydrogen-bond donors (Lipinski definition) is 2. The first-order valence-corrected chi connectivity index (χ1v) is 4.90. The number of carbonyl (C=O) groups is 1. The molecule has 84 valence electrons. The molecule has 0 saturated heterocycles. The van der Waals surface area contributed by atoms with Crippen LogP contribution in [0.4, 0.5) is 0 Å². The van der Waals surface area contributed by atoms with Crippen molar-refractivity contribution in [3.63, 3.8) is 0 Å². The molecule has 0 saturated carbocycles. The van der Waals surface area contributed by atoms with Crippen LogP contribution in [-0.2, 0) is 18.3 Å². The Morgan fingerprint density at radius 1 is 1.62 bits per heavy atom. The molecule has 6 nitrogen and oxygen atoms in total.